The third-order valence-electron chi connectivity index (χ3n) is 19.6. The summed E-state index contributed by atoms with van der Waals surface area (Å²) in [4.78, 5) is 7.98. The van der Waals surface area contributed by atoms with Crippen molar-refractivity contribution in [2.75, 3.05) is 14.7 Å². The second-order valence-corrected chi connectivity index (χ2v) is 28.8. The van der Waals surface area contributed by atoms with Gasteiger partial charge in [-0.15, -0.1) is 0 Å². The molecule has 0 fully saturated rings. The molecule has 2 aliphatic heterocycles. The van der Waals surface area contributed by atoms with Gasteiger partial charge in [-0.2, -0.15) is 0 Å². The molecule has 3 aliphatic carbocycles. The van der Waals surface area contributed by atoms with Gasteiger partial charge >= 0.3 is 0 Å². The van der Waals surface area contributed by atoms with Crippen molar-refractivity contribution in [2.45, 2.75) is 188 Å². The SMILES string of the molecule is Cc1cc2c(cc1N1c3cc4c(cc3B3c5cc(C(C)(C)C)ccc5N(c5ccc6c(c5C)C(C)(C)CCC6(C)C)c5cc(N(c6ccccc6)c6ccccc6)cc1c53)C(C)(C)CCC4(C)C)C(C)(C)CC2(C)C. The van der Waals surface area contributed by atoms with Crippen molar-refractivity contribution in [3.8, 4) is 0 Å². The highest BCUT2D eigenvalue weighted by atomic mass is 15.2. The number of rotatable bonds is 5. The molecular formula is C71H82BN3. The van der Waals surface area contributed by atoms with Crippen molar-refractivity contribution in [2.24, 2.45) is 0 Å². The van der Waals surface area contributed by atoms with Gasteiger partial charge in [0, 0.05) is 45.5 Å². The van der Waals surface area contributed by atoms with E-state index in [0.717, 1.165) is 42.7 Å². The van der Waals surface area contributed by atoms with Crippen LogP contribution < -0.4 is 31.1 Å². The molecule has 0 unspecified atom stereocenters. The molecule has 384 valence electrons. The van der Waals surface area contributed by atoms with Crippen molar-refractivity contribution in [1.29, 1.82) is 0 Å². The van der Waals surface area contributed by atoms with E-state index in [9.17, 15) is 0 Å². The summed E-state index contributed by atoms with van der Waals surface area (Å²) in [6.07, 6.45) is 5.79. The fourth-order valence-corrected chi connectivity index (χ4v) is 15.4. The first kappa shape index (κ1) is 49.9. The molecule has 3 nitrogen and oxygen atoms in total. The molecule has 0 radical (unpaired) electrons. The van der Waals surface area contributed by atoms with Gasteiger partial charge in [0.2, 0.25) is 0 Å². The fourth-order valence-electron chi connectivity index (χ4n) is 15.4. The first-order chi connectivity index (χ1) is 35.1. The standard InChI is InChI=1S/C71H82BN3/c1-44-36-51-54(71(16,17)43-70(51,14)15)41-59(44)75-60-42-53-52(67(8,9)32-33-68(53,10)11)40-56(60)72-55-37-46(65(3,4)5)28-30-58(55)74(57-31-29-50-63(45(57)2)69(12,13)35-34-66(50,6)7)61-38-49(39-62(75)64(61)72)73(47-24-20-18-21-25-47)48-26-22-19-23-27-48/h18-31,36-42H,32-35,43H2,1-17H3. The summed E-state index contributed by atoms with van der Waals surface area (Å²) in [5, 5.41) is 0. The summed E-state index contributed by atoms with van der Waals surface area (Å²) in [6.45, 7) is 41.8. The van der Waals surface area contributed by atoms with E-state index in [0.29, 0.717) is 0 Å². The van der Waals surface area contributed by atoms with Crippen LogP contribution in [-0.2, 0) is 37.9 Å². The van der Waals surface area contributed by atoms with E-state index in [4.69, 9.17) is 0 Å². The second kappa shape index (κ2) is 16.3. The summed E-state index contributed by atoms with van der Waals surface area (Å²) >= 11 is 0. The van der Waals surface area contributed by atoms with Crippen LogP contribution in [0.3, 0.4) is 0 Å². The molecule has 0 spiro atoms. The van der Waals surface area contributed by atoms with Crippen LogP contribution in [0.25, 0.3) is 0 Å². The third-order valence-corrected chi connectivity index (χ3v) is 19.6. The molecule has 0 atom stereocenters. The van der Waals surface area contributed by atoms with Crippen LogP contribution in [0, 0.1) is 13.8 Å². The van der Waals surface area contributed by atoms with Gasteiger partial charge in [-0.25, -0.2) is 0 Å². The van der Waals surface area contributed by atoms with Crippen molar-refractivity contribution >= 4 is 74.3 Å². The second-order valence-electron chi connectivity index (χ2n) is 28.8. The molecule has 0 bridgehead atoms. The highest BCUT2D eigenvalue weighted by molar-refractivity contribution is 7.00. The molecule has 75 heavy (non-hydrogen) atoms. The number of hydrogen-bond acceptors (Lipinski definition) is 3. The highest BCUT2D eigenvalue weighted by Gasteiger charge is 2.50. The summed E-state index contributed by atoms with van der Waals surface area (Å²) in [5.41, 5.74) is 28.6. The largest absolute Gasteiger partial charge is 0.311 e. The molecule has 7 aromatic carbocycles. The van der Waals surface area contributed by atoms with Gasteiger partial charge in [0.25, 0.3) is 6.71 Å². The van der Waals surface area contributed by atoms with E-state index in [1.165, 1.54) is 107 Å². The Balaban J connectivity index is 1.27. The lowest BCUT2D eigenvalue weighted by molar-refractivity contribution is 0.330. The lowest BCUT2D eigenvalue weighted by Crippen LogP contribution is -2.62. The molecule has 12 rings (SSSR count). The molecule has 4 heteroatoms. The van der Waals surface area contributed by atoms with Gasteiger partial charge in [-0.05, 0) is 211 Å². The number of benzene rings is 7. The zero-order valence-corrected chi connectivity index (χ0v) is 48.6. The van der Waals surface area contributed by atoms with Crippen molar-refractivity contribution in [1.82, 2.24) is 0 Å². The number of anilines is 9. The molecule has 0 N–H and O–H groups in total. The fraction of sp³-hybridized carbons (Fsp3) is 0.408. The Labute approximate surface area is 451 Å². The van der Waals surface area contributed by atoms with Crippen LogP contribution in [0.4, 0.5) is 51.2 Å². The maximum Gasteiger partial charge on any atom is 0.252 e. The van der Waals surface area contributed by atoms with E-state index in [2.05, 4.69) is 260 Å². The summed E-state index contributed by atoms with van der Waals surface area (Å²) < 4.78 is 0. The van der Waals surface area contributed by atoms with Crippen molar-refractivity contribution < 1.29 is 0 Å². The van der Waals surface area contributed by atoms with E-state index in [1.807, 2.05) is 0 Å². The van der Waals surface area contributed by atoms with Gasteiger partial charge in [0.05, 0.1) is 5.69 Å². The van der Waals surface area contributed by atoms with Crippen molar-refractivity contribution in [3.63, 3.8) is 0 Å². The van der Waals surface area contributed by atoms with Crippen LogP contribution in [0.5, 0.6) is 0 Å². The summed E-state index contributed by atoms with van der Waals surface area (Å²) in [6, 6.07) is 50.4. The molecule has 7 aromatic rings. The lowest BCUT2D eigenvalue weighted by atomic mass is 9.33. The maximum absolute atomic E-state index is 2.76. The molecular weight excluding hydrogens is 906 g/mol. The Morgan fingerprint density at radius 1 is 0.413 bits per heavy atom. The number of aryl methyl sites for hydroxylation is 1. The lowest BCUT2D eigenvalue weighted by Gasteiger charge is -2.49. The zero-order valence-electron chi connectivity index (χ0n) is 48.6. The number of para-hydroxylation sites is 2. The normalized spacial score (nSPS) is 19.6. The Bertz CT molecular complexity index is 3450. The predicted octanol–water partition coefficient (Wildman–Crippen LogP) is 17.8. The summed E-state index contributed by atoms with van der Waals surface area (Å²) in [7, 11) is 0. The first-order valence-electron chi connectivity index (χ1n) is 28.4. The topological polar surface area (TPSA) is 9.72 Å². The van der Waals surface area contributed by atoms with E-state index >= 15 is 0 Å². The molecule has 0 amide bonds. The van der Waals surface area contributed by atoms with Gasteiger partial charge in [-0.1, -0.05) is 171 Å². The van der Waals surface area contributed by atoms with E-state index in [-0.39, 0.29) is 44.6 Å². The predicted molar refractivity (Wildman–Crippen MR) is 325 cm³/mol. The zero-order chi connectivity index (χ0) is 53.3. The average Bonchev–Trinajstić information content (AvgIpc) is 3.54. The molecule has 2 heterocycles. The van der Waals surface area contributed by atoms with Crippen LogP contribution in [0.2, 0.25) is 0 Å². The minimum Gasteiger partial charge on any atom is -0.311 e. The number of nitrogens with zero attached hydrogens (tertiary/aromatic N) is 3. The quantitative estimate of drug-likeness (QED) is 0.159. The first-order valence-corrected chi connectivity index (χ1v) is 28.4. The minimum absolute atomic E-state index is 0.0161. The Hall–Kier alpha value is -6.00. The maximum atomic E-state index is 2.76. The van der Waals surface area contributed by atoms with Gasteiger partial charge in [0.1, 0.15) is 0 Å². The van der Waals surface area contributed by atoms with Crippen LogP contribution in [0.15, 0.2) is 127 Å². The smallest absolute Gasteiger partial charge is 0.252 e. The Kier molecular flexibility index (Phi) is 10.8. The Morgan fingerprint density at radius 3 is 1.45 bits per heavy atom. The third kappa shape index (κ3) is 7.56. The van der Waals surface area contributed by atoms with E-state index in [1.54, 1.807) is 0 Å². The van der Waals surface area contributed by atoms with Crippen LogP contribution >= 0.6 is 0 Å². The van der Waals surface area contributed by atoms with Gasteiger partial charge in [0.15, 0.2) is 0 Å². The highest BCUT2D eigenvalue weighted by Crippen LogP contribution is 2.57. The number of fused-ring (bicyclic) bond motifs is 7. The average molecular weight is 988 g/mol. The van der Waals surface area contributed by atoms with Gasteiger partial charge in [-0.3, -0.25) is 0 Å². The van der Waals surface area contributed by atoms with Gasteiger partial charge < -0.3 is 14.7 Å². The van der Waals surface area contributed by atoms with Crippen LogP contribution in [0.1, 0.15) is 186 Å². The monoisotopic (exact) mass is 988 g/mol. The van der Waals surface area contributed by atoms with E-state index < -0.39 is 0 Å². The molecule has 5 aliphatic rings. The minimum atomic E-state index is -0.0520. The van der Waals surface area contributed by atoms with Crippen LogP contribution in [-0.4, -0.2) is 6.71 Å². The number of hydrogen-bond donors (Lipinski definition) is 0. The Morgan fingerprint density at radius 2 is 0.880 bits per heavy atom. The molecule has 0 saturated carbocycles. The summed E-state index contributed by atoms with van der Waals surface area (Å²) in [5.74, 6) is 0. The molecule has 0 saturated heterocycles. The molecule has 0 aromatic heterocycles. The van der Waals surface area contributed by atoms with Crippen molar-refractivity contribution in [3.05, 3.63) is 177 Å².